The van der Waals surface area contributed by atoms with Crippen LogP contribution in [0.5, 0.6) is 0 Å². The van der Waals surface area contributed by atoms with Crippen molar-refractivity contribution >= 4 is 5.91 Å². The van der Waals surface area contributed by atoms with Crippen LogP contribution in [-0.2, 0) is 9.53 Å². The lowest BCUT2D eigenvalue weighted by Gasteiger charge is -2.62. The fourth-order valence-corrected chi connectivity index (χ4v) is 9.68. The third-order valence-electron chi connectivity index (χ3n) is 11.7. The van der Waals surface area contributed by atoms with Gasteiger partial charge in [0.15, 0.2) is 0 Å². The Bertz CT molecular complexity index is 723. The third kappa shape index (κ3) is 3.98. The van der Waals surface area contributed by atoms with E-state index in [-0.39, 0.29) is 23.5 Å². The Kier molecular flexibility index (Phi) is 6.63. The lowest BCUT2D eigenvalue weighted by atomic mass is 9.43. The van der Waals surface area contributed by atoms with Crippen LogP contribution in [0.25, 0.3) is 0 Å². The Morgan fingerprint density at radius 2 is 1.79 bits per heavy atom. The fraction of sp³-hybridized carbons (Fsp3) is 0.964. The number of amides is 1. The van der Waals surface area contributed by atoms with Crippen LogP contribution in [0.4, 0.5) is 0 Å². The van der Waals surface area contributed by atoms with Gasteiger partial charge < -0.3 is 19.8 Å². The minimum absolute atomic E-state index is 0.0139. The van der Waals surface area contributed by atoms with E-state index in [9.17, 15) is 15.0 Å². The van der Waals surface area contributed by atoms with E-state index in [1.54, 1.807) is 0 Å². The van der Waals surface area contributed by atoms with Crippen LogP contribution in [0, 0.1) is 46.3 Å². The molecule has 0 radical (unpaired) electrons. The van der Waals surface area contributed by atoms with E-state index < -0.39 is 0 Å². The Morgan fingerprint density at radius 3 is 2.55 bits per heavy atom. The van der Waals surface area contributed by atoms with Gasteiger partial charge in [-0.25, -0.2) is 0 Å². The molecule has 5 rings (SSSR count). The molecule has 4 saturated carbocycles. The highest BCUT2D eigenvalue weighted by Crippen LogP contribution is 2.68. The van der Waals surface area contributed by atoms with Gasteiger partial charge in [0.2, 0.25) is 5.91 Å². The molecular formula is C28H47NO4. The molecule has 0 aromatic heterocycles. The number of aliphatic hydroxyl groups excluding tert-OH is 2. The smallest absolute Gasteiger partial charge is 0.222 e. The topological polar surface area (TPSA) is 70.0 Å². The van der Waals surface area contributed by atoms with Gasteiger partial charge >= 0.3 is 0 Å². The summed E-state index contributed by atoms with van der Waals surface area (Å²) < 4.78 is 5.40. The zero-order valence-corrected chi connectivity index (χ0v) is 21.2. The average Bonchev–Trinajstić information content (AvgIpc) is 3.18. The summed E-state index contributed by atoms with van der Waals surface area (Å²) in [4.78, 5) is 14.7. The number of nitrogens with zero attached hydrogens (tertiary/aromatic N) is 1. The van der Waals surface area contributed by atoms with Crippen LogP contribution in [0.15, 0.2) is 0 Å². The molecule has 2 N–H and O–H groups in total. The summed E-state index contributed by atoms with van der Waals surface area (Å²) in [5.41, 5.74) is 0.276. The second-order valence-electron chi connectivity index (χ2n) is 12.9. The summed E-state index contributed by atoms with van der Waals surface area (Å²) >= 11 is 0. The first-order valence-corrected chi connectivity index (χ1v) is 14.0. The SMILES string of the molecule is C[C@H](CCC(=O)N1CCOCC1)[C@H]1CC[C@H]2[C@@H]3CC[C@@H]4C[C@H](O)CC[C@]4(C)[C@H]3C[C@H](O)[C@]12C. The molecule has 33 heavy (non-hydrogen) atoms. The van der Waals surface area contributed by atoms with Crippen molar-refractivity contribution in [3.05, 3.63) is 0 Å². The van der Waals surface area contributed by atoms with Gasteiger partial charge in [-0.1, -0.05) is 20.8 Å². The minimum Gasteiger partial charge on any atom is -0.393 e. The van der Waals surface area contributed by atoms with Gasteiger partial charge in [-0.15, -0.1) is 0 Å². The Hall–Kier alpha value is -0.650. The van der Waals surface area contributed by atoms with Crippen LogP contribution in [-0.4, -0.2) is 59.5 Å². The molecule has 5 nitrogen and oxygen atoms in total. The number of carbonyl (C=O) groups is 1. The number of aliphatic hydroxyl groups is 2. The third-order valence-corrected chi connectivity index (χ3v) is 11.7. The van der Waals surface area contributed by atoms with E-state index in [0.29, 0.717) is 54.6 Å². The fourth-order valence-electron chi connectivity index (χ4n) is 9.68. The number of ether oxygens (including phenoxy) is 1. The van der Waals surface area contributed by atoms with Gasteiger partial charge in [0.05, 0.1) is 25.4 Å². The summed E-state index contributed by atoms with van der Waals surface area (Å²) in [5.74, 6) is 3.82. The van der Waals surface area contributed by atoms with E-state index in [4.69, 9.17) is 4.74 Å². The molecule has 188 valence electrons. The monoisotopic (exact) mass is 461 g/mol. The molecule has 1 heterocycles. The van der Waals surface area contributed by atoms with Gasteiger partial charge in [-0.05, 0) is 104 Å². The van der Waals surface area contributed by atoms with E-state index in [1.807, 2.05) is 4.90 Å². The molecular weight excluding hydrogens is 414 g/mol. The first kappa shape index (κ1) is 24.1. The first-order valence-electron chi connectivity index (χ1n) is 14.0. The number of carbonyl (C=O) groups excluding carboxylic acids is 1. The van der Waals surface area contributed by atoms with Crippen molar-refractivity contribution in [1.82, 2.24) is 4.90 Å². The van der Waals surface area contributed by atoms with Gasteiger partial charge in [0, 0.05) is 19.5 Å². The second kappa shape index (κ2) is 9.09. The maximum Gasteiger partial charge on any atom is 0.222 e. The number of morpholine rings is 1. The molecule has 0 spiro atoms. The maximum atomic E-state index is 12.7. The molecule has 5 fully saturated rings. The normalized spacial score (nSPS) is 48.5. The molecule has 0 bridgehead atoms. The average molecular weight is 462 g/mol. The molecule has 10 atom stereocenters. The molecule has 0 aromatic rings. The van der Waals surface area contributed by atoms with Gasteiger partial charge in [-0.3, -0.25) is 4.79 Å². The highest BCUT2D eigenvalue weighted by atomic mass is 16.5. The molecule has 0 aromatic carbocycles. The van der Waals surface area contributed by atoms with Gasteiger partial charge in [0.1, 0.15) is 0 Å². The predicted octanol–water partition coefficient (Wildman–Crippen LogP) is 4.25. The summed E-state index contributed by atoms with van der Waals surface area (Å²) in [6.07, 6.45) is 10.1. The molecule has 5 heteroatoms. The lowest BCUT2D eigenvalue weighted by Crippen LogP contribution is -2.58. The number of rotatable bonds is 4. The van der Waals surface area contributed by atoms with E-state index in [1.165, 1.54) is 25.7 Å². The summed E-state index contributed by atoms with van der Waals surface area (Å²) in [5, 5.41) is 22.0. The molecule has 1 saturated heterocycles. The lowest BCUT2D eigenvalue weighted by molar-refractivity contribution is -0.175. The van der Waals surface area contributed by atoms with Crippen molar-refractivity contribution in [2.45, 2.75) is 97.2 Å². The van der Waals surface area contributed by atoms with E-state index in [0.717, 1.165) is 51.1 Å². The van der Waals surface area contributed by atoms with Crippen molar-refractivity contribution < 1.29 is 19.7 Å². The molecule has 5 aliphatic rings. The quantitative estimate of drug-likeness (QED) is 0.657. The zero-order chi connectivity index (χ0) is 23.4. The highest BCUT2D eigenvalue weighted by Gasteiger charge is 2.63. The Balaban J connectivity index is 1.27. The Morgan fingerprint density at radius 1 is 1.03 bits per heavy atom. The standard InChI is InChI=1S/C28H47NO4/c1-18(4-9-26(32)29-12-14-33-15-13-29)22-7-8-23-21-6-5-19-16-20(30)10-11-27(19,2)24(21)17-25(31)28(22,23)3/h18-25,30-31H,4-17H2,1-3H3/t18-,19-,20-,21+,22-,23+,24+,25+,27+,28-/m1/s1. The zero-order valence-electron chi connectivity index (χ0n) is 21.2. The van der Waals surface area contributed by atoms with Crippen LogP contribution in [0.1, 0.15) is 85.0 Å². The highest BCUT2D eigenvalue weighted by molar-refractivity contribution is 5.76. The van der Waals surface area contributed by atoms with Crippen molar-refractivity contribution in [2.24, 2.45) is 46.3 Å². The van der Waals surface area contributed by atoms with E-state index in [2.05, 4.69) is 20.8 Å². The number of hydrogen-bond acceptors (Lipinski definition) is 4. The van der Waals surface area contributed by atoms with Crippen LogP contribution >= 0.6 is 0 Å². The first-order chi connectivity index (χ1) is 15.7. The van der Waals surface area contributed by atoms with Crippen LogP contribution in [0.3, 0.4) is 0 Å². The van der Waals surface area contributed by atoms with Crippen molar-refractivity contribution in [2.75, 3.05) is 26.3 Å². The molecule has 1 amide bonds. The summed E-state index contributed by atoms with van der Waals surface area (Å²) in [6, 6.07) is 0. The minimum atomic E-state index is -0.240. The summed E-state index contributed by atoms with van der Waals surface area (Å²) in [7, 11) is 0. The summed E-state index contributed by atoms with van der Waals surface area (Å²) in [6.45, 7) is 10.0. The van der Waals surface area contributed by atoms with Crippen molar-refractivity contribution in [3.8, 4) is 0 Å². The van der Waals surface area contributed by atoms with Crippen LogP contribution < -0.4 is 0 Å². The molecule has 0 unspecified atom stereocenters. The number of fused-ring (bicyclic) bond motifs is 5. The van der Waals surface area contributed by atoms with Gasteiger partial charge in [-0.2, -0.15) is 0 Å². The van der Waals surface area contributed by atoms with E-state index >= 15 is 0 Å². The largest absolute Gasteiger partial charge is 0.393 e. The molecule has 1 aliphatic heterocycles. The van der Waals surface area contributed by atoms with Crippen molar-refractivity contribution in [3.63, 3.8) is 0 Å². The van der Waals surface area contributed by atoms with Crippen LogP contribution in [0.2, 0.25) is 0 Å². The van der Waals surface area contributed by atoms with Gasteiger partial charge in [0.25, 0.3) is 0 Å². The number of hydrogen-bond donors (Lipinski definition) is 2. The molecule has 4 aliphatic carbocycles. The predicted molar refractivity (Wildman–Crippen MR) is 128 cm³/mol. The maximum absolute atomic E-state index is 12.7. The second-order valence-corrected chi connectivity index (χ2v) is 12.9. The Labute approximate surface area is 200 Å². The van der Waals surface area contributed by atoms with Crippen molar-refractivity contribution in [1.29, 1.82) is 0 Å².